The van der Waals surface area contributed by atoms with E-state index in [0.717, 1.165) is 18.6 Å². The first kappa shape index (κ1) is 17.8. The number of hydrogen-bond acceptors (Lipinski definition) is 3. The highest BCUT2D eigenvalue weighted by atomic mass is 35.5. The summed E-state index contributed by atoms with van der Waals surface area (Å²) in [6.45, 7) is 3.17. The predicted octanol–water partition coefficient (Wildman–Crippen LogP) is 2.75. The molecule has 2 unspecified atom stereocenters. The first-order valence-electron chi connectivity index (χ1n) is 7.48. The zero-order valence-electron chi connectivity index (χ0n) is 12.5. The second-order valence-corrected chi connectivity index (χ2v) is 5.32. The number of ether oxygens (including phenoxy) is 1. The van der Waals surface area contributed by atoms with Crippen LogP contribution in [0.5, 0.6) is 5.75 Å². The third kappa shape index (κ3) is 4.90. The fourth-order valence-corrected chi connectivity index (χ4v) is 2.83. The number of halogens is 1. The van der Waals surface area contributed by atoms with E-state index in [1.54, 1.807) is 6.07 Å². The first-order chi connectivity index (χ1) is 9.74. The summed E-state index contributed by atoms with van der Waals surface area (Å²) in [7, 11) is 0. The Balaban J connectivity index is 0.00000220. The molecule has 1 amide bonds. The summed E-state index contributed by atoms with van der Waals surface area (Å²) in [5, 5.41) is 3.13. The SMILES string of the molecule is CCOc1cccc(C(=O)NC2CCCCC2CN)c1.Cl. The number of amides is 1. The minimum atomic E-state index is -0.0306. The Morgan fingerprint density at radius 1 is 1.38 bits per heavy atom. The molecule has 0 radical (unpaired) electrons. The minimum absolute atomic E-state index is 0. The molecular weight excluding hydrogens is 288 g/mol. The van der Waals surface area contributed by atoms with E-state index in [2.05, 4.69) is 5.32 Å². The van der Waals surface area contributed by atoms with Crippen molar-refractivity contribution in [3.63, 3.8) is 0 Å². The van der Waals surface area contributed by atoms with E-state index in [0.29, 0.717) is 24.6 Å². The largest absolute Gasteiger partial charge is 0.494 e. The van der Waals surface area contributed by atoms with Gasteiger partial charge in [0.2, 0.25) is 0 Å². The van der Waals surface area contributed by atoms with E-state index in [4.69, 9.17) is 10.5 Å². The Hall–Kier alpha value is -1.26. The third-order valence-corrected chi connectivity index (χ3v) is 3.94. The lowest BCUT2D eigenvalue weighted by atomic mass is 9.84. The van der Waals surface area contributed by atoms with Gasteiger partial charge in [-0.3, -0.25) is 4.79 Å². The van der Waals surface area contributed by atoms with Gasteiger partial charge in [-0.2, -0.15) is 0 Å². The number of hydrogen-bond donors (Lipinski definition) is 2. The van der Waals surface area contributed by atoms with Gasteiger partial charge in [0.1, 0.15) is 5.75 Å². The van der Waals surface area contributed by atoms with Crippen LogP contribution in [0.25, 0.3) is 0 Å². The van der Waals surface area contributed by atoms with Crippen LogP contribution in [0.4, 0.5) is 0 Å². The molecule has 1 aromatic rings. The van der Waals surface area contributed by atoms with Gasteiger partial charge in [-0.15, -0.1) is 12.4 Å². The monoisotopic (exact) mass is 312 g/mol. The number of carbonyl (C=O) groups is 1. The van der Waals surface area contributed by atoms with Crippen LogP contribution in [0.3, 0.4) is 0 Å². The molecule has 3 N–H and O–H groups in total. The van der Waals surface area contributed by atoms with Crippen LogP contribution in [0.1, 0.15) is 43.0 Å². The van der Waals surface area contributed by atoms with Crippen molar-refractivity contribution in [1.29, 1.82) is 0 Å². The van der Waals surface area contributed by atoms with Gasteiger partial charge < -0.3 is 15.8 Å². The Morgan fingerprint density at radius 3 is 2.86 bits per heavy atom. The Kier molecular flexibility index (Phi) is 7.54. The van der Waals surface area contributed by atoms with Gasteiger partial charge in [-0.25, -0.2) is 0 Å². The highest BCUT2D eigenvalue weighted by Crippen LogP contribution is 2.24. The molecule has 0 saturated heterocycles. The average molecular weight is 313 g/mol. The van der Waals surface area contributed by atoms with E-state index in [1.807, 2.05) is 25.1 Å². The van der Waals surface area contributed by atoms with Crippen LogP contribution in [0.15, 0.2) is 24.3 Å². The molecule has 4 nitrogen and oxygen atoms in total. The molecule has 1 aliphatic carbocycles. The fourth-order valence-electron chi connectivity index (χ4n) is 2.83. The molecule has 118 valence electrons. The summed E-state index contributed by atoms with van der Waals surface area (Å²) in [6.07, 6.45) is 4.52. The van der Waals surface area contributed by atoms with Gasteiger partial charge in [-0.05, 0) is 50.4 Å². The summed E-state index contributed by atoms with van der Waals surface area (Å²) in [5.74, 6) is 1.11. The fraction of sp³-hybridized carbons (Fsp3) is 0.562. The molecule has 2 atom stereocenters. The van der Waals surface area contributed by atoms with Gasteiger partial charge in [0, 0.05) is 11.6 Å². The van der Waals surface area contributed by atoms with Crippen LogP contribution in [0.2, 0.25) is 0 Å². The lowest BCUT2D eigenvalue weighted by molar-refractivity contribution is 0.0907. The predicted molar refractivity (Wildman–Crippen MR) is 87.1 cm³/mol. The van der Waals surface area contributed by atoms with Gasteiger partial charge in [0.05, 0.1) is 6.61 Å². The summed E-state index contributed by atoms with van der Waals surface area (Å²) in [4.78, 5) is 12.3. The van der Waals surface area contributed by atoms with E-state index >= 15 is 0 Å². The molecular formula is C16H25ClN2O2. The van der Waals surface area contributed by atoms with Crippen molar-refractivity contribution in [2.45, 2.75) is 38.6 Å². The molecule has 0 spiro atoms. The zero-order chi connectivity index (χ0) is 14.4. The highest BCUT2D eigenvalue weighted by Gasteiger charge is 2.25. The maximum Gasteiger partial charge on any atom is 0.251 e. The van der Waals surface area contributed by atoms with Crippen LogP contribution in [-0.4, -0.2) is 25.1 Å². The molecule has 2 rings (SSSR count). The van der Waals surface area contributed by atoms with Gasteiger partial charge in [-0.1, -0.05) is 18.9 Å². The molecule has 1 aromatic carbocycles. The van der Waals surface area contributed by atoms with E-state index < -0.39 is 0 Å². The minimum Gasteiger partial charge on any atom is -0.494 e. The Labute approximate surface area is 132 Å². The van der Waals surface area contributed by atoms with Gasteiger partial charge in [0.25, 0.3) is 5.91 Å². The second-order valence-electron chi connectivity index (χ2n) is 5.32. The van der Waals surface area contributed by atoms with Crippen molar-refractivity contribution in [3.05, 3.63) is 29.8 Å². The van der Waals surface area contributed by atoms with Gasteiger partial charge in [0.15, 0.2) is 0 Å². The maximum absolute atomic E-state index is 12.3. The van der Waals surface area contributed by atoms with Crippen molar-refractivity contribution in [2.75, 3.05) is 13.2 Å². The molecule has 0 aliphatic heterocycles. The second kappa shape index (κ2) is 8.90. The number of nitrogens with one attached hydrogen (secondary N) is 1. The summed E-state index contributed by atoms with van der Waals surface area (Å²) >= 11 is 0. The smallest absolute Gasteiger partial charge is 0.251 e. The van der Waals surface area contributed by atoms with Gasteiger partial charge >= 0.3 is 0 Å². The Bertz CT molecular complexity index is 454. The lowest BCUT2D eigenvalue weighted by Gasteiger charge is -2.31. The van der Waals surface area contributed by atoms with E-state index in [-0.39, 0.29) is 24.4 Å². The quantitative estimate of drug-likeness (QED) is 0.878. The topological polar surface area (TPSA) is 64.3 Å². The molecule has 21 heavy (non-hydrogen) atoms. The van der Waals surface area contributed by atoms with Crippen molar-refractivity contribution in [1.82, 2.24) is 5.32 Å². The highest BCUT2D eigenvalue weighted by molar-refractivity contribution is 5.94. The number of nitrogens with two attached hydrogens (primary N) is 1. The van der Waals surface area contributed by atoms with E-state index in [1.165, 1.54) is 12.8 Å². The number of rotatable bonds is 5. The van der Waals surface area contributed by atoms with Crippen LogP contribution >= 0.6 is 12.4 Å². The van der Waals surface area contributed by atoms with Crippen molar-refractivity contribution >= 4 is 18.3 Å². The summed E-state index contributed by atoms with van der Waals surface area (Å²) < 4.78 is 5.43. The van der Waals surface area contributed by atoms with Crippen LogP contribution < -0.4 is 15.8 Å². The summed E-state index contributed by atoms with van der Waals surface area (Å²) in [5.41, 5.74) is 6.45. The molecule has 1 fully saturated rings. The zero-order valence-corrected chi connectivity index (χ0v) is 13.3. The standard InChI is InChI=1S/C16H24N2O2.ClH/c1-2-20-14-8-5-7-12(10-14)16(19)18-15-9-4-3-6-13(15)11-17;/h5,7-8,10,13,15H,2-4,6,9,11,17H2,1H3,(H,18,19);1H. The molecule has 0 aromatic heterocycles. The molecule has 1 saturated carbocycles. The normalized spacial score (nSPS) is 21.2. The molecule has 0 bridgehead atoms. The number of benzene rings is 1. The maximum atomic E-state index is 12.3. The first-order valence-corrected chi connectivity index (χ1v) is 7.48. The molecule has 1 aliphatic rings. The van der Waals surface area contributed by atoms with Crippen molar-refractivity contribution in [2.24, 2.45) is 11.7 Å². The molecule has 0 heterocycles. The Morgan fingerprint density at radius 2 is 2.14 bits per heavy atom. The lowest BCUT2D eigenvalue weighted by Crippen LogP contribution is -2.44. The third-order valence-electron chi connectivity index (χ3n) is 3.94. The van der Waals surface area contributed by atoms with Crippen LogP contribution in [-0.2, 0) is 0 Å². The van der Waals surface area contributed by atoms with E-state index in [9.17, 15) is 4.79 Å². The molecule has 5 heteroatoms. The van der Waals surface area contributed by atoms with Crippen molar-refractivity contribution < 1.29 is 9.53 Å². The summed E-state index contributed by atoms with van der Waals surface area (Å²) in [6, 6.07) is 7.53. The van der Waals surface area contributed by atoms with Crippen molar-refractivity contribution in [3.8, 4) is 5.75 Å². The average Bonchev–Trinajstić information content (AvgIpc) is 2.48. The number of carbonyl (C=O) groups excluding carboxylic acids is 1. The van der Waals surface area contributed by atoms with Crippen LogP contribution in [0, 0.1) is 5.92 Å².